The van der Waals surface area contributed by atoms with Gasteiger partial charge in [-0.15, -0.1) is 5.10 Å². The van der Waals surface area contributed by atoms with E-state index in [-0.39, 0.29) is 18.0 Å². The van der Waals surface area contributed by atoms with Crippen LogP contribution < -0.4 is 0 Å². The Hall–Kier alpha value is -4.07. The number of ether oxygens (including phenoxy) is 1. The minimum Gasteiger partial charge on any atom is -0.454 e. The number of benzene rings is 2. The van der Waals surface area contributed by atoms with Crippen molar-refractivity contribution in [1.82, 2.24) is 24.8 Å². The normalized spacial score (nSPS) is 10.7. The lowest BCUT2D eigenvalue weighted by atomic mass is 10.1. The van der Waals surface area contributed by atoms with Crippen LogP contribution in [0.4, 0.5) is 0 Å². The van der Waals surface area contributed by atoms with Crippen LogP contribution in [0.3, 0.4) is 0 Å². The van der Waals surface area contributed by atoms with Gasteiger partial charge in [-0.3, -0.25) is 4.79 Å². The first kappa shape index (κ1) is 19.3. The Labute approximate surface area is 172 Å². The first-order chi connectivity index (χ1) is 14.6. The summed E-state index contributed by atoms with van der Waals surface area (Å²) in [6, 6.07) is 18.4. The van der Waals surface area contributed by atoms with E-state index in [1.807, 2.05) is 54.8 Å². The molecular weight excluding hydrogens is 382 g/mol. The summed E-state index contributed by atoms with van der Waals surface area (Å²) in [4.78, 5) is 25.4. The summed E-state index contributed by atoms with van der Waals surface area (Å²) in [5.41, 5.74) is 3.97. The van der Waals surface area contributed by atoms with Crippen molar-refractivity contribution >= 4 is 11.8 Å². The molecule has 0 N–H and O–H groups in total. The molecule has 150 valence electrons. The summed E-state index contributed by atoms with van der Waals surface area (Å²) in [5, 5.41) is 11.0. The molecule has 0 aliphatic rings. The van der Waals surface area contributed by atoms with Crippen LogP contribution >= 0.6 is 0 Å². The van der Waals surface area contributed by atoms with Gasteiger partial charge >= 0.3 is 5.97 Å². The van der Waals surface area contributed by atoms with Gasteiger partial charge in [-0.2, -0.15) is 4.68 Å². The molecule has 4 aromatic rings. The maximum Gasteiger partial charge on any atom is 0.340 e. The number of para-hydroxylation sites is 2. The fourth-order valence-electron chi connectivity index (χ4n) is 3.42. The Morgan fingerprint density at radius 2 is 1.70 bits per heavy atom. The van der Waals surface area contributed by atoms with E-state index < -0.39 is 5.97 Å². The number of aryl methyl sites for hydroxylation is 1. The molecule has 2 aromatic carbocycles. The minimum atomic E-state index is -0.619. The van der Waals surface area contributed by atoms with Gasteiger partial charge in [0.25, 0.3) is 0 Å². The van der Waals surface area contributed by atoms with E-state index in [0.29, 0.717) is 11.3 Å². The second-order valence-corrected chi connectivity index (χ2v) is 6.73. The molecule has 0 spiro atoms. The first-order valence-corrected chi connectivity index (χ1v) is 9.33. The Morgan fingerprint density at radius 1 is 0.967 bits per heavy atom. The Bertz CT molecular complexity index is 1200. The highest BCUT2D eigenvalue weighted by atomic mass is 16.5. The molecule has 2 aromatic heterocycles. The van der Waals surface area contributed by atoms with Gasteiger partial charge in [0.15, 0.2) is 6.61 Å². The highest BCUT2D eigenvalue weighted by Gasteiger charge is 2.20. The Morgan fingerprint density at radius 3 is 2.43 bits per heavy atom. The van der Waals surface area contributed by atoms with Crippen molar-refractivity contribution in [3.63, 3.8) is 0 Å². The quantitative estimate of drug-likeness (QED) is 0.364. The summed E-state index contributed by atoms with van der Waals surface area (Å²) in [6.45, 7) is 3.45. The van der Waals surface area contributed by atoms with E-state index in [1.54, 1.807) is 24.3 Å². The average molecular weight is 401 g/mol. The monoisotopic (exact) mass is 401 g/mol. The molecule has 4 rings (SSSR count). The molecule has 0 unspecified atom stereocenters. The standard InChI is InChI=1S/C22H19N5O3/c1-15-12-19(16(2)27(15)17-8-4-3-5-9-17)21(28)13-30-22(29)18-10-6-7-11-20(18)26-14-23-24-25-26/h3-12,14H,13H2,1-2H3. The lowest BCUT2D eigenvalue weighted by molar-refractivity contribution is 0.0474. The lowest BCUT2D eigenvalue weighted by Gasteiger charge is -2.10. The summed E-state index contributed by atoms with van der Waals surface area (Å²) < 4.78 is 8.68. The number of hydrogen-bond acceptors (Lipinski definition) is 6. The molecule has 30 heavy (non-hydrogen) atoms. The first-order valence-electron chi connectivity index (χ1n) is 9.33. The van der Waals surface area contributed by atoms with Gasteiger partial charge in [-0.1, -0.05) is 30.3 Å². The zero-order valence-corrected chi connectivity index (χ0v) is 16.5. The number of nitrogens with zero attached hydrogens (tertiary/aromatic N) is 5. The zero-order valence-electron chi connectivity index (χ0n) is 16.5. The van der Waals surface area contributed by atoms with Crippen molar-refractivity contribution in [3.05, 3.63) is 89.5 Å². The second-order valence-electron chi connectivity index (χ2n) is 6.73. The summed E-state index contributed by atoms with van der Waals surface area (Å²) in [7, 11) is 0. The maximum absolute atomic E-state index is 12.8. The van der Waals surface area contributed by atoms with Crippen LogP contribution in [0.1, 0.15) is 32.1 Å². The van der Waals surface area contributed by atoms with Crippen LogP contribution in [0.5, 0.6) is 0 Å². The molecule has 8 nitrogen and oxygen atoms in total. The van der Waals surface area contributed by atoms with E-state index in [9.17, 15) is 9.59 Å². The molecule has 0 atom stereocenters. The summed E-state index contributed by atoms with van der Waals surface area (Å²) in [5.74, 6) is -0.884. The lowest BCUT2D eigenvalue weighted by Crippen LogP contribution is -2.16. The van der Waals surface area contributed by atoms with Gasteiger partial charge in [0.05, 0.1) is 11.3 Å². The van der Waals surface area contributed by atoms with E-state index in [4.69, 9.17) is 4.74 Å². The number of ketones is 1. The second kappa shape index (κ2) is 8.12. The number of tetrazole rings is 1. The van der Waals surface area contributed by atoms with E-state index in [2.05, 4.69) is 15.5 Å². The third-order valence-corrected chi connectivity index (χ3v) is 4.80. The average Bonchev–Trinajstić information content (AvgIpc) is 3.40. The third kappa shape index (κ3) is 3.62. The number of carbonyl (C=O) groups is 2. The predicted molar refractivity (Wildman–Crippen MR) is 109 cm³/mol. The summed E-state index contributed by atoms with van der Waals surface area (Å²) >= 11 is 0. The van der Waals surface area contributed by atoms with Crippen molar-refractivity contribution in [2.24, 2.45) is 0 Å². The molecule has 0 bridgehead atoms. The van der Waals surface area contributed by atoms with E-state index >= 15 is 0 Å². The van der Waals surface area contributed by atoms with E-state index in [1.165, 1.54) is 11.0 Å². The number of rotatable bonds is 6. The van der Waals surface area contributed by atoms with Crippen LogP contribution in [0.2, 0.25) is 0 Å². The highest BCUT2D eigenvalue weighted by molar-refractivity contribution is 6.01. The van der Waals surface area contributed by atoms with Crippen molar-refractivity contribution in [1.29, 1.82) is 0 Å². The topological polar surface area (TPSA) is 91.9 Å². The minimum absolute atomic E-state index is 0.265. The molecule has 0 aliphatic carbocycles. The molecule has 0 amide bonds. The van der Waals surface area contributed by atoms with Crippen LogP contribution in [0.15, 0.2) is 67.0 Å². The molecule has 0 radical (unpaired) electrons. The van der Waals surface area contributed by atoms with Gasteiger partial charge in [-0.05, 0) is 54.6 Å². The zero-order chi connectivity index (χ0) is 21.1. The van der Waals surface area contributed by atoms with Crippen molar-refractivity contribution in [2.45, 2.75) is 13.8 Å². The van der Waals surface area contributed by atoms with Crippen LogP contribution in [0.25, 0.3) is 11.4 Å². The molecule has 2 heterocycles. The van der Waals surface area contributed by atoms with Gasteiger partial charge in [-0.25, -0.2) is 4.79 Å². The fraction of sp³-hybridized carbons (Fsp3) is 0.136. The Balaban J connectivity index is 1.52. The van der Waals surface area contributed by atoms with Crippen molar-refractivity contribution in [3.8, 4) is 11.4 Å². The molecule has 0 fully saturated rings. The largest absolute Gasteiger partial charge is 0.454 e. The third-order valence-electron chi connectivity index (χ3n) is 4.80. The number of hydrogen-bond donors (Lipinski definition) is 0. The number of Topliss-reactive ketones (excluding diaryl/α,β-unsaturated/α-hetero) is 1. The van der Waals surface area contributed by atoms with Crippen LogP contribution in [0, 0.1) is 13.8 Å². The predicted octanol–water partition coefficient (Wildman–Crippen LogP) is 3.11. The molecule has 0 aliphatic heterocycles. The fourth-order valence-corrected chi connectivity index (χ4v) is 3.42. The van der Waals surface area contributed by atoms with Crippen molar-refractivity contribution < 1.29 is 14.3 Å². The SMILES string of the molecule is Cc1cc(C(=O)COC(=O)c2ccccc2-n2cnnn2)c(C)n1-c1ccccc1. The van der Waals surface area contributed by atoms with Crippen molar-refractivity contribution in [2.75, 3.05) is 6.61 Å². The summed E-state index contributed by atoms with van der Waals surface area (Å²) in [6.07, 6.45) is 1.38. The van der Waals surface area contributed by atoms with Gasteiger partial charge in [0, 0.05) is 22.6 Å². The van der Waals surface area contributed by atoms with Gasteiger partial charge in [0.1, 0.15) is 6.33 Å². The molecule has 0 saturated heterocycles. The highest BCUT2D eigenvalue weighted by Crippen LogP contribution is 2.21. The van der Waals surface area contributed by atoms with Crippen LogP contribution in [-0.4, -0.2) is 43.1 Å². The number of aromatic nitrogens is 5. The van der Waals surface area contributed by atoms with Gasteiger partial charge in [0.2, 0.25) is 5.78 Å². The number of carbonyl (C=O) groups excluding carboxylic acids is 2. The van der Waals surface area contributed by atoms with E-state index in [0.717, 1.165) is 17.1 Å². The molecule has 8 heteroatoms. The number of esters is 1. The smallest absolute Gasteiger partial charge is 0.340 e. The Kier molecular flexibility index (Phi) is 5.21. The van der Waals surface area contributed by atoms with Gasteiger partial charge < -0.3 is 9.30 Å². The van der Waals surface area contributed by atoms with Crippen LogP contribution in [-0.2, 0) is 4.74 Å². The molecular formula is C22H19N5O3. The molecule has 0 saturated carbocycles. The maximum atomic E-state index is 12.8.